The summed E-state index contributed by atoms with van der Waals surface area (Å²) in [7, 11) is 0. The van der Waals surface area contributed by atoms with Crippen LogP contribution in [0.4, 0.5) is 22.0 Å². The van der Waals surface area contributed by atoms with Crippen molar-refractivity contribution in [3.8, 4) is 18.1 Å². The molecule has 0 N–H and O–H groups in total. The molecule has 41 heavy (non-hydrogen) atoms. The van der Waals surface area contributed by atoms with Crippen LogP contribution in [0.3, 0.4) is 0 Å². The third-order valence-corrected chi connectivity index (χ3v) is 7.90. The fourth-order valence-corrected chi connectivity index (χ4v) is 5.83. The molecule has 1 fully saturated rings. The Morgan fingerprint density at radius 1 is 1.22 bits per heavy atom. The number of halogens is 5. The van der Waals surface area contributed by atoms with Crippen molar-refractivity contribution in [1.82, 2.24) is 19.7 Å². The van der Waals surface area contributed by atoms with Crippen LogP contribution in [0.15, 0.2) is 34.8 Å². The molecule has 14 heteroatoms. The Labute approximate surface area is 235 Å². The van der Waals surface area contributed by atoms with Crippen LogP contribution in [0.5, 0.6) is 5.75 Å². The average Bonchev–Trinajstić information content (AvgIpc) is 3.72. The molecule has 0 spiro atoms. The van der Waals surface area contributed by atoms with Crippen LogP contribution in [0, 0.1) is 18.2 Å². The summed E-state index contributed by atoms with van der Waals surface area (Å²) in [4.78, 5) is 24.5. The van der Waals surface area contributed by atoms with Crippen LogP contribution in [-0.4, -0.2) is 51.0 Å². The van der Waals surface area contributed by atoms with Crippen LogP contribution in [0.2, 0.25) is 0 Å². The number of carbonyl (C=O) groups is 1. The maximum atomic E-state index is 14.6. The van der Waals surface area contributed by atoms with E-state index in [4.69, 9.17) is 21.0 Å². The molecule has 0 bridgehead atoms. The van der Waals surface area contributed by atoms with Crippen molar-refractivity contribution in [2.24, 2.45) is 5.16 Å². The van der Waals surface area contributed by atoms with Crippen molar-refractivity contribution in [2.75, 3.05) is 19.7 Å². The summed E-state index contributed by atoms with van der Waals surface area (Å²) in [5.41, 5.74) is -0.0991. The van der Waals surface area contributed by atoms with Crippen molar-refractivity contribution in [3.05, 3.63) is 63.1 Å². The third-order valence-electron chi connectivity index (χ3n) is 6.89. The standard InChI is InChI=1S/C27H24F5N5O3S/c1-2-10-39-21-5-3-4-16(28)24(21)22-12-17(35-40-22)19-14-41-27(33-19)15-6-8-36(9-7-15)23(38)13-37-20(26(31)32)11-18(34-37)25(29)30/h1,3-5,11,14-15,22,25-26H,6-10,12-13H2. The fraction of sp³-hybridized carbons (Fsp3) is 0.407. The molecule has 1 amide bonds. The molecule has 2 aliphatic rings. The van der Waals surface area contributed by atoms with E-state index in [0.29, 0.717) is 48.1 Å². The van der Waals surface area contributed by atoms with Crippen LogP contribution in [0.25, 0.3) is 0 Å². The summed E-state index contributed by atoms with van der Waals surface area (Å²) >= 11 is 1.44. The molecule has 0 saturated carbocycles. The lowest BCUT2D eigenvalue weighted by Crippen LogP contribution is -2.40. The molecule has 0 radical (unpaired) electrons. The van der Waals surface area contributed by atoms with Crippen molar-refractivity contribution >= 4 is 23.0 Å². The van der Waals surface area contributed by atoms with E-state index in [1.54, 1.807) is 6.07 Å². The van der Waals surface area contributed by atoms with Gasteiger partial charge in [0.25, 0.3) is 12.9 Å². The van der Waals surface area contributed by atoms with Crippen molar-refractivity contribution < 1.29 is 36.3 Å². The minimum Gasteiger partial charge on any atom is -0.480 e. The monoisotopic (exact) mass is 593 g/mol. The second-order valence-corrected chi connectivity index (χ2v) is 10.3. The highest BCUT2D eigenvalue weighted by Crippen LogP contribution is 2.38. The number of nitrogens with zero attached hydrogens (tertiary/aromatic N) is 5. The zero-order valence-electron chi connectivity index (χ0n) is 21.5. The van der Waals surface area contributed by atoms with E-state index in [1.165, 1.54) is 28.4 Å². The fourth-order valence-electron chi connectivity index (χ4n) is 4.83. The normalized spacial score (nSPS) is 17.6. The summed E-state index contributed by atoms with van der Waals surface area (Å²) in [6.07, 6.45) is -0.0417. The van der Waals surface area contributed by atoms with Crippen LogP contribution in [-0.2, 0) is 16.2 Å². The van der Waals surface area contributed by atoms with Gasteiger partial charge < -0.3 is 14.5 Å². The van der Waals surface area contributed by atoms with Gasteiger partial charge in [-0.05, 0) is 31.0 Å². The molecule has 4 heterocycles. The molecule has 2 aliphatic heterocycles. The largest absolute Gasteiger partial charge is 0.480 e. The number of hydrogen-bond donors (Lipinski definition) is 0. The van der Waals surface area contributed by atoms with E-state index in [2.05, 4.69) is 16.2 Å². The van der Waals surface area contributed by atoms with E-state index < -0.39 is 48.6 Å². The Bertz CT molecular complexity index is 1480. The van der Waals surface area contributed by atoms with Gasteiger partial charge in [-0.3, -0.25) is 9.48 Å². The number of ether oxygens (including phenoxy) is 1. The van der Waals surface area contributed by atoms with Gasteiger partial charge in [0.15, 0.2) is 6.10 Å². The van der Waals surface area contributed by atoms with Gasteiger partial charge in [-0.25, -0.2) is 26.9 Å². The third kappa shape index (κ3) is 6.19. The van der Waals surface area contributed by atoms with E-state index >= 15 is 0 Å². The highest BCUT2D eigenvalue weighted by atomic mass is 32.1. The zero-order chi connectivity index (χ0) is 29.1. The lowest BCUT2D eigenvalue weighted by molar-refractivity contribution is -0.133. The molecule has 1 saturated heterocycles. The minimum atomic E-state index is -3.03. The number of benzene rings is 1. The van der Waals surface area contributed by atoms with Gasteiger partial charge >= 0.3 is 0 Å². The van der Waals surface area contributed by atoms with Gasteiger partial charge in [-0.2, -0.15) is 5.10 Å². The van der Waals surface area contributed by atoms with Gasteiger partial charge in [-0.15, -0.1) is 17.8 Å². The van der Waals surface area contributed by atoms with Crippen molar-refractivity contribution in [2.45, 2.75) is 50.7 Å². The number of aromatic nitrogens is 3. The number of hydrogen-bond acceptors (Lipinski definition) is 7. The summed E-state index contributed by atoms with van der Waals surface area (Å²) in [5.74, 6) is 1.73. The van der Waals surface area contributed by atoms with Crippen LogP contribution in [0.1, 0.15) is 71.8 Å². The van der Waals surface area contributed by atoms with Crippen LogP contribution >= 0.6 is 11.3 Å². The molecule has 1 unspecified atom stereocenters. The molecule has 2 aromatic heterocycles. The number of carbonyl (C=O) groups excluding carboxylic acids is 1. The number of piperidine rings is 1. The second-order valence-electron chi connectivity index (χ2n) is 9.46. The molecule has 1 atom stereocenters. The molecule has 8 nitrogen and oxygen atoms in total. The Kier molecular flexibility index (Phi) is 8.53. The molecule has 216 valence electrons. The van der Waals surface area contributed by atoms with E-state index in [-0.39, 0.29) is 30.3 Å². The molecule has 1 aromatic carbocycles. The first-order valence-electron chi connectivity index (χ1n) is 12.7. The SMILES string of the molecule is C#CCOc1cccc(F)c1C1CC(c2csc(C3CCN(C(=O)Cn4nc(C(F)F)cc4C(F)F)CC3)n2)=NO1. The number of alkyl halides is 4. The molecular formula is C27H24F5N5O3S. The highest BCUT2D eigenvalue weighted by Gasteiger charge is 2.32. The maximum absolute atomic E-state index is 14.6. The summed E-state index contributed by atoms with van der Waals surface area (Å²) < 4.78 is 73.1. The second kappa shape index (κ2) is 12.3. The zero-order valence-corrected chi connectivity index (χ0v) is 22.3. The lowest BCUT2D eigenvalue weighted by Gasteiger charge is -2.31. The summed E-state index contributed by atoms with van der Waals surface area (Å²) in [5, 5.41) is 10.3. The summed E-state index contributed by atoms with van der Waals surface area (Å²) in [6, 6.07) is 5.07. The number of oxime groups is 1. The Hall–Kier alpha value is -3.99. The first-order valence-corrected chi connectivity index (χ1v) is 13.6. The van der Waals surface area contributed by atoms with Gasteiger partial charge in [0, 0.05) is 30.8 Å². The van der Waals surface area contributed by atoms with Crippen molar-refractivity contribution in [3.63, 3.8) is 0 Å². The predicted molar refractivity (Wildman–Crippen MR) is 139 cm³/mol. The number of likely N-dealkylation sites (tertiary alicyclic amines) is 1. The summed E-state index contributed by atoms with van der Waals surface area (Å²) in [6.45, 7) is 0.143. The lowest BCUT2D eigenvalue weighted by atomic mass is 9.97. The van der Waals surface area contributed by atoms with E-state index in [0.717, 1.165) is 5.01 Å². The van der Waals surface area contributed by atoms with Gasteiger partial charge in [-0.1, -0.05) is 17.1 Å². The smallest absolute Gasteiger partial charge is 0.282 e. The number of amides is 1. The van der Waals surface area contributed by atoms with Gasteiger partial charge in [0.1, 0.15) is 41.8 Å². The first-order chi connectivity index (χ1) is 19.7. The Balaban J connectivity index is 1.18. The van der Waals surface area contributed by atoms with Gasteiger partial charge in [0.2, 0.25) is 5.91 Å². The Morgan fingerprint density at radius 3 is 2.71 bits per heavy atom. The van der Waals surface area contributed by atoms with Crippen molar-refractivity contribution in [1.29, 1.82) is 0 Å². The molecule has 3 aromatic rings. The van der Waals surface area contributed by atoms with E-state index in [1.807, 2.05) is 5.38 Å². The number of thiazole rings is 1. The quantitative estimate of drug-likeness (QED) is 0.237. The Morgan fingerprint density at radius 2 is 2.00 bits per heavy atom. The van der Waals surface area contributed by atoms with E-state index in [9.17, 15) is 26.7 Å². The molecule has 0 aliphatic carbocycles. The van der Waals surface area contributed by atoms with Gasteiger partial charge in [0.05, 0.1) is 16.3 Å². The number of terminal acetylenes is 1. The topological polar surface area (TPSA) is 81.8 Å². The van der Waals surface area contributed by atoms with Crippen LogP contribution < -0.4 is 4.74 Å². The molecule has 5 rings (SSSR count). The maximum Gasteiger partial charge on any atom is 0.282 e. The predicted octanol–water partition coefficient (Wildman–Crippen LogP) is 5.64. The molecular weight excluding hydrogens is 569 g/mol. The number of rotatable bonds is 9. The highest BCUT2D eigenvalue weighted by molar-refractivity contribution is 7.10. The average molecular weight is 594 g/mol. The first kappa shape index (κ1) is 28.5. The minimum absolute atomic E-state index is 0.0175.